The third-order valence-corrected chi connectivity index (χ3v) is 3.12. The van der Waals surface area contributed by atoms with Gasteiger partial charge in [0.25, 0.3) is 0 Å². The van der Waals surface area contributed by atoms with Crippen molar-refractivity contribution in [3.8, 4) is 0 Å². The summed E-state index contributed by atoms with van der Waals surface area (Å²) >= 11 is 1.19. The average Bonchev–Trinajstić information content (AvgIpc) is 2.02. The molecule has 4 nitrogen and oxygen atoms in total. The second-order valence-corrected chi connectivity index (χ2v) is 5.22. The Kier molecular flexibility index (Phi) is 10.2. The third-order valence-electron chi connectivity index (χ3n) is 1.27. The van der Waals surface area contributed by atoms with Gasteiger partial charge in [-0.15, -0.1) is 0 Å². The summed E-state index contributed by atoms with van der Waals surface area (Å²) in [6.45, 7) is 2.84. The van der Waals surface area contributed by atoms with Crippen LogP contribution in [0.25, 0.3) is 0 Å². The van der Waals surface area contributed by atoms with Crippen molar-refractivity contribution in [2.45, 2.75) is 6.42 Å². The maximum Gasteiger partial charge on any atom is 0.232 e. The second kappa shape index (κ2) is 9.71. The van der Waals surface area contributed by atoms with Crippen molar-refractivity contribution < 1.29 is 9.79 Å². The van der Waals surface area contributed by atoms with E-state index in [1.165, 1.54) is 11.4 Å². The van der Waals surface area contributed by atoms with Crippen LogP contribution in [0, 0.1) is 0 Å². The highest BCUT2D eigenvalue weighted by atomic mass is 32.7. The lowest BCUT2D eigenvalue weighted by atomic mass is 10.4. The van der Waals surface area contributed by atoms with E-state index in [4.69, 9.17) is 9.79 Å². The van der Waals surface area contributed by atoms with Crippen molar-refractivity contribution in [1.29, 1.82) is 0 Å². The quantitative estimate of drug-likeness (QED) is 0.340. The molecule has 0 heterocycles. The summed E-state index contributed by atoms with van der Waals surface area (Å²) < 4.78 is 0. The van der Waals surface area contributed by atoms with Gasteiger partial charge in [0.2, 0.25) is 7.58 Å². The Balaban J connectivity index is 2.82. The first kappa shape index (κ1) is 12.6. The van der Waals surface area contributed by atoms with Gasteiger partial charge in [-0.2, -0.15) is 0 Å². The van der Waals surface area contributed by atoms with Gasteiger partial charge in [-0.3, -0.25) is 0 Å². The van der Waals surface area contributed by atoms with Crippen LogP contribution in [0.15, 0.2) is 0 Å². The Morgan fingerprint density at radius 2 is 2.00 bits per heavy atom. The van der Waals surface area contributed by atoms with Crippen molar-refractivity contribution in [2.75, 3.05) is 32.4 Å². The first-order valence-corrected chi connectivity index (χ1v) is 6.77. The molecular weight excluding hydrogens is 195 g/mol. The van der Waals surface area contributed by atoms with E-state index in [1.54, 1.807) is 0 Å². The Morgan fingerprint density at radius 3 is 2.58 bits per heavy atom. The minimum absolute atomic E-state index is 0.762. The molecule has 0 saturated heterocycles. The minimum Gasteiger partial charge on any atom is -0.342 e. The highest BCUT2D eigenvalue weighted by molar-refractivity contribution is 8.52. The third kappa shape index (κ3) is 10.6. The van der Waals surface area contributed by atoms with Gasteiger partial charge in [-0.1, -0.05) is 11.4 Å². The molecule has 0 unspecified atom stereocenters. The first-order chi connectivity index (χ1) is 5.77. The van der Waals surface area contributed by atoms with Crippen molar-refractivity contribution in [2.24, 2.45) is 0 Å². The van der Waals surface area contributed by atoms with E-state index in [1.807, 2.05) is 7.05 Å². The molecule has 0 aliphatic carbocycles. The Morgan fingerprint density at radius 1 is 1.25 bits per heavy atom. The molecule has 0 aliphatic rings. The molecule has 0 radical (unpaired) electrons. The first-order valence-electron chi connectivity index (χ1n) is 3.93. The molecule has 0 fully saturated rings. The van der Waals surface area contributed by atoms with E-state index in [-0.39, 0.29) is 0 Å². The molecular formula is C6H17N2O2PS. The molecule has 0 spiro atoms. The van der Waals surface area contributed by atoms with Crippen LogP contribution in [0.5, 0.6) is 0 Å². The monoisotopic (exact) mass is 212 g/mol. The fourth-order valence-electron chi connectivity index (χ4n) is 0.715. The van der Waals surface area contributed by atoms with Crippen LogP contribution in [0.3, 0.4) is 0 Å². The van der Waals surface area contributed by atoms with E-state index in [2.05, 4.69) is 10.6 Å². The molecule has 6 heteroatoms. The van der Waals surface area contributed by atoms with Crippen molar-refractivity contribution >= 4 is 19.0 Å². The molecule has 4 N–H and O–H groups in total. The van der Waals surface area contributed by atoms with Crippen molar-refractivity contribution in [3.63, 3.8) is 0 Å². The van der Waals surface area contributed by atoms with Crippen LogP contribution in [0.1, 0.15) is 6.42 Å². The largest absolute Gasteiger partial charge is 0.342 e. The molecule has 0 atom stereocenters. The standard InChI is InChI=1S/C6H17N2O2PS/c1-7-3-2-4-8-5-6-12-11(9)10/h7-10H,2-6H2,1H3. The fraction of sp³-hybridized carbons (Fsp3) is 1.00. The van der Waals surface area contributed by atoms with Gasteiger partial charge in [-0.05, 0) is 26.6 Å². The second-order valence-electron chi connectivity index (χ2n) is 2.29. The summed E-state index contributed by atoms with van der Waals surface area (Å²) in [5, 5.41) is 6.26. The highest BCUT2D eigenvalue weighted by Crippen LogP contribution is 2.39. The van der Waals surface area contributed by atoms with Gasteiger partial charge < -0.3 is 20.4 Å². The molecule has 0 bridgehead atoms. The molecule has 0 aromatic rings. The minimum atomic E-state index is -1.76. The number of hydrogen-bond donors (Lipinski definition) is 4. The van der Waals surface area contributed by atoms with E-state index in [9.17, 15) is 0 Å². The van der Waals surface area contributed by atoms with Crippen LogP contribution in [0.4, 0.5) is 0 Å². The lowest BCUT2D eigenvalue weighted by molar-refractivity contribution is 0.505. The van der Waals surface area contributed by atoms with E-state index >= 15 is 0 Å². The molecule has 12 heavy (non-hydrogen) atoms. The summed E-state index contributed by atoms with van der Waals surface area (Å²) in [5.74, 6) is 0.762. The van der Waals surface area contributed by atoms with Crippen LogP contribution < -0.4 is 10.6 Å². The smallest absolute Gasteiger partial charge is 0.232 e. The van der Waals surface area contributed by atoms with E-state index in [0.717, 1.165) is 31.8 Å². The molecule has 74 valence electrons. The maximum atomic E-state index is 8.54. The predicted molar refractivity (Wildman–Crippen MR) is 55.2 cm³/mol. The average molecular weight is 212 g/mol. The summed E-state index contributed by atoms with van der Waals surface area (Å²) in [5.41, 5.74) is 0. The van der Waals surface area contributed by atoms with Gasteiger partial charge in [0, 0.05) is 12.3 Å². The summed E-state index contributed by atoms with van der Waals surface area (Å²) in [6, 6.07) is 0. The zero-order valence-electron chi connectivity index (χ0n) is 7.29. The van der Waals surface area contributed by atoms with Gasteiger partial charge in [0.05, 0.1) is 0 Å². The van der Waals surface area contributed by atoms with Gasteiger partial charge in [0.15, 0.2) is 0 Å². The van der Waals surface area contributed by atoms with Crippen molar-refractivity contribution in [3.05, 3.63) is 0 Å². The van der Waals surface area contributed by atoms with Crippen LogP contribution >= 0.6 is 19.0 Å². The molecule has 0 aliphatic heterocycles. The maximum absolute atomic E-state index is 8.54. The molecule has 0 aromatic carbocycles. The molecule has 0 rings (SSSR count). The topological polar surface area (TPSA) is 64.5 Å². The Labute approximate surface area is 78.8 Å². The zero-order chi connectivity index (χ0) is 9.23. The zero-order valence-corrected chi connectivity index (χ0v) is 9.00. The predicted octanol–water partition coefficient (Wildman–Crippen LogP) is 0.130. The fourth-order valence-corrected chi connectivity index (χ4v) is 1.88. The SMILES string of the molecule is CNCCCNCCSP(O)O. The number of hydrogen-bond acceptors (Lipinski definition) is 5. The summed E-state index contributed by atoms with van der Waals surface area (Å²) in [6.07, 6.45) is 1.11. The van der Waals surface area contributed by atoms with Gasteiger partial charge >= 0.3 is 0 Å². The van der Waals surface area contributed by atoms with E-state index < -0.39 is 7.58 Å². The van der Waals surface area contributed by atoms with Crippen LogP contribution in [-0.4, -0.2) is 42.2 Å². The Bertz CT molecular complexity index is 97.6. The lowest BCUT2D eigenvalue weighted by Crippen LogP contribution is -2.21. The normalized spacial score (nSPS) is 11.0. The number of rotatable bonds is 8. The number of nitrogens with one attached hydrogen (secondary N) is 2. The van der Waals surface area contributed by atoms with Gasteiger partial charge in [0.1, 0.15) is 0 Å². The van der Waals surface area contributed by atoms with E-state index in [0.29, 0.717) is 0 Å². The molecule has 0 aromatic heterocycles. The van der Waals surface area contributed by atoms with Crippen LogP contribution in [0.2, 0.25) is 0 Å². The summed E-state index contributed by atoms with van der Waals surface area (Å²) in [7, 11) is 0.167. The lowest BCUT2D eigenvalue weighted by Gasteiger charge is -2.04. The molecule has 0 saturated carbocycles. The Hall–Kier alpha value is 0.620. The van der Waals surface area contributed by atoms with Crippen molar-refractivity contribution in [1.82, 2.24) is 10.6 Å². The summed E-state index contributed by atoms with van der Waals surface area (Å²) in [4.78, 5) is 17.1. The van der Waals surface area contributed by atoms with Gasteiger partial charge in [-0.25, -0.2) is 0 Å². The highest BCUT2D eigenvalue weighted by Gasteiger charge is 1.97. The van der Waals surface area contributed by atoms with Crippen LogP contribution in [-0.2, 0) is 0 Å². The molecule has 0 amide bonds.